The lowest BCUT2D eigenvalue weighted by atomic mass is 10.1. The number of ether oxygens (including phenoxy) is 1. The van der Waals surface area contributed by atoms with Crippen molar-refractivity contribution in [1.29, 1.82) is 0 Å². The summed E-state index contributed by atoms with van der Waals surface area (Å²) in [5, 5.41) is 20.3. The Labute approximate surface area is 185 Å². The summed E-state index contributed by atoms with van der Waals surface area (Å²) in [4.78, 5) is 35.7. The lowest BCUT2D eigenvalue weighted by Crippen LogP contribution is -2.08. The van der Waals surface area contributed by atoms with E-state index in [1.165, 1.54) is 24.5 Å². The second-order valence-corrected chi connectivity index (χ2v) is 7.94. The van der Waals surface area contributed by atoms with E-state index in [2.05, 4.69) is 10.2 Å². The van der Waals surface area contributed by atoms with Crippen LogP contribution in [0.5, 0.6) is 0 Å². The summed E-state index contributed by atoms with van der Waals surface area (Å²) in [5.41, 5.74) is 0.991. The van der Waals surface area contributed by atoms with Gasteiger partial charge in [0.05, 0.1) is 15.4 Å². The van der Waals surface area contributed by atoms with Gasteiger partial charge in [-0.3, -0.25) is 10.1 Å². The number of nitrogens with zero attached hydrogens (tertiary/aromatic N) is 4. The number of nitro groups is 1. The molecule has 0 unspecified atom stereocenters. The van der Waals surface area contributed by atoms with E-state index in [0.29, 0.717) is 26.6 Å². The Hall–Kier alpha value is -3.99. The molecule has 0 aliphatic rings. The number of aromatic nitrogens is 3. The van der Waals surface area contributed by atoms with Gasteiger partial charge in [-0.1, -0.05) is 12.1 Å². The van der Waals surface area contributed by atoms with Gasteiger partial charge in [-0.25, -0.2) is 9.59 Å². The van der Waals surface area contributed by atoms with Crippen molar-refractivity contribution in [2.75, 3.05) is 0 Å². The maximum Gasteiger partial charge on any atom is 0.338 e. The van der Waals surface area contributed by atoms with Crippen molar-refractivity contribution in [2.24, 2.45) is 7.05 Å². The molecule has 0 bridgehead atoms. The van der Waals surface area contributed by atoms with Crippen molar-refractivity contribution in [3.05, 3.63) is 86.0 Å². The van der Waals surface area contributed by atoms with Gasteiger partial charge < -0.3 is 13.7 Å². The number of fused-ring (bicyclic) bond motifs is 1. The largest absolute Gasteiger partial charge is 0.457 e. The molecule has 0 fully saturated rings. The van der Waals surface area contributed by atoms with Crippen LogP contribution in [0, 0.1) is 17.0 Å². The van der Waals surface area contributed by atoms with E-state index in [-0.39, 0.29) is 17.9 Å². The summed E-state index contributed by atoms with van der Waals surface area (Å²) < 4.78 is 12.2. The quantitative estimate of drug-likeness (QED) is 0.186. The van der Waals surface area contributed by atoms with Gasteiger partial charge in [0.1, 0.15) is 18.5 Å². The van der Waals surface area contributed by atoms with Crippen LogP contribution in [0.1, 0.15) is 21.5 Å². The van der Waals surface area contributed by atoms with E-state index in [0.717, 1.165) is 23.4 Å². The highest BCUT2D eigenvalue weighted by molar-refractivity contribution is 7.99. The number of nitro benzene ring substituents is 1. The average Bonchev–Trinajstić information content (AvgIpc) is 3.15. The van der Waals surface area contributed by atoms with E-state index < -0.39 is 16.5 Å². The van der Waals surface area contributed by atoms with Gasteiger partial charge in [-0.2, -0.15) is 0 Å². The number of esters is 1. The van der Waals surface area contributed by atoms with Gasteiger partial charge >= 0.3 is 11.6 Å². The molecule has 32 heavy (non-hydrogen) atoms. The van der Waals surface area contributed by atoms with Crippen molar-refractivity contribution in [3.63, 3.8) is 0 Å². The molecule has 0 amide bonds. The minimum Gasteiger partial charge on any atom is -0.457 e. The molecule has 4 rings (SSSR count). The summed E-state index contributed by atoms with van der Waals surface area (Å²) in [6, 6.07) is 10.7. The van der Waals surface area contributed by atoms with Gasteiger partial charge in [0.2, 0.25) is 0 Å². The number of benzene rings is 2. The maximum absolute atomic E-state index is 12.6. The summed E-state index contributed by atoms with van der Waals surface area (Å²) in [6.07, 6.45) is 1.48. The molecule has 0 saturated carbocycles. The SMILES string of the molecule is Cc1ccc2c(COC(=O)c3ccc(Sc4nncn4C)c([N+](=O)[O-])c3)cc(=O)oc2c1. The first-order valence-corrected chi connectivity index (χ1v) is 10.1. The molecular formula is C21H16N4O6S. The summed E-state index contributed by atoms with van der Waals surface area (Å²) in [5.74, 6) is -0.753. The van der Waals surface area contributed by atoms with Crippen LogP contribution in [0.4, 0.5) is 5.69 Å². The average molecular weight is 452 g/mol. The Morgan fingerprint density at radius 2 is 2.06 bits per heavy atom. The molecule has 162 valence electrons. The standard InChI is InChI=1S/C21H16N4O6S/c1-12-3-5-15-14(9-19(26)31-17(15)7-12)10-30-20(27)13-4-6-18(16(8-13)25(28)29)32-21-23-22-11-24(21)2/h3-9,11H,10H2,1-2H3. The molecule has 11 heteroatoms. The van der Waals surface area contributed by atoms with Crippen LogP contribution in [0.25, 0.3) is 11.0 Å². The fraction of sp³-hybridized carbons (Fsp3) is 0.143. The Morgan fingerprint density at radius 1 is 1.25 bits per heavy atom. The molecule has 0 spiro atoms. The van der Waals surface area contributed by atoms with Crippen LogP contribution in [-0.4, -0.2) is 25.7 Å². The van der Waals surface area contributed by atoms with Crippen LogP contribution < -0.4 is 5.63 Å². The van der Waals surface area contributed by atoms with Crippen LogP contribution in [0.2, 0.25) is 0 Å². The predicted molar refractivity (Wildman–Crippen MR) is 115 cm³/mol. The third kappa shape index (κ3) is 4.37. The van der Waals surface area contributed by atoms with Crippen LogP contribution in [-0.2, 0) is 18.4 Å². The van der Waals surface area contributed by atoms with Crippen LogP contribution in [0.15, 0.2) is 68.1 Å². The highest BCUT2D eigenvalue weighted by Crippen LogP contribution is 2.34. The van der Waals surface area contributed by atoms with E-state index in [1.54, 1.807) is 23.7 Å². The molecule has 0 saturated heterocycles. The van der Waals surface area contributed by atoms with Gasteiger partial charge in [-0.15, -0.1) is 10.2 Å². The van der Waals surface area contributed by atoms with Gasteiger partial charge in [0, 0.05) is 30.1 Å². The van der Waals surface area contributed by atoms with Crippen LogP contribution >= 0.6 is 11.8 Å². The lowest BCUT2D eigenvalue weighted by Gasteiger charge is -2.09. The Kier molecular flexibility index (Phi) is 5.73. The monoisotopic (exact) mass is 452 g/mol. The molecule has 10 nitrogen and oxygen atoms in total. The molecule has 2 aromatic carbocycles. The normalized spacial score (nSPS) is 10.9. The number of hydrogen-bond donors (Lipinski definition) is 0. The first kappa shape index (κ1) is 21.2. The van der Waals surface area contributed by atoms with Crippen molar-refractivity contribution in [2.45, 2.75) is 23.6 Å². The highest BCUT2D eigenvalue weighted by Gasteiger charge is 2.21. The van der Waals surface area contributed by atoms with E-state index in [1.807, 2.05) is 13.0 Å². The highest BCUT2D eigenvalue weighted by atomic mass is 32.2. The Bertz CT molecular complexity index is 1410. The molecule has 0 aliphatic heterocycles. The molecule has 0 radical (unpaired) electrons. The summed E-state index contributed by atoms with van der Waals surface area (Å²) in [6.45, 7) is 1.68. The summed E-state index contributed by atoms with van der Waals surface area (Å²) >= 11 is 1.06. The predicted octanol–water partition coefficient (Wildman–Crippen LogP) is 3.65. The number of rotatable bonds is 6. The topological polar surface area (TPSA) is 130 Å². The molecular weight excluding hydrogens is 436 g/mol. The van der Waals surface area contributed by atoms with E-state index >= 15 is 0 Å². The molecule has 2 heterocycles. The smallest absolute Gasteiger partial charge is 0.338 e. The number of carbonyl (C=O) groups excluding carboxylic acids is 1. The third-order valence-electron chi connectivity index (χ3n) is 4.61. The zero-order valence-electron chi connectivity index (χ0n) is 17.0. The number of aryl methyl sites for hydroxylation is 2. The molecule has 4 aromatic rings. The van der Waals surface area contributed by atoms with Crippen molar-refractivity contribution in [1.82, 2.24) is 14.8 Å². The minimum atomic E-state index is -0.753. The minimum absolute atomic E-state index is 0.0159. The van der Waals surface area contributed by atoms with Crippen molar-refractivity contribution in [3.8, 4) is 0 Å². The van der Waals surface area contributed by atoms with Crippen LogP contribution in [0.3, 0.4) is 0 Å². The third-order valence-corrected chi connectivity index (χ3v) is 5.72. The molecule has 2 aromatic heterocycles. The lowest BCUT2D eigenvalue weighted by molar-refractivity contribution is -0.387. The van der Waals surface area contributed by atoms with Crippen molar-refractivity contribution < 1.29 is 18.9 Å². The van der Waals surface area contributed by atoms with Crippen molar-refractivity contribution >= 4 is 34.4 Å². The van der Waals surface area contributed by atoms with Gasteiger partial charge in [0.15, 0.2) is 5.16 Å². The fourth-order valence-electron chi connectivity index (χ4n) is 3.02. The number of carbonyl (C=O) groups is 1. The maximum atomic E-state index is 12.6. The zero-order chi connectivity index (χ0) is 22.8. The first-order valence-electron chi connectivity index (χ1n) is 9.32. The Morgan fingerprint density at radius 3 is 2.78 bits per heavy atom. The Balaban J connectivity index is 1.57. The molecule has 0 aliphatic carbocycles. The molecule has 0 N–H and O–H groups in total. The van der Waals surface area contributed by atoms with E-state index in [4.69, 9.17) is 9.15 Å². The molecule has 0 atom stereocenters. The van der Waals surface area contributed by atoms with Gasteiger partial charge in [0.25, 0.3) is 5.69 Å². The zero-order valence-corrected chi connectivity index (χ0v) is 17.8. The number of hydrogen-bond acceptors (Lipinski definition) is 9. The van der Waals surface area contributed by atoms with E-state index in [9.17, 15) is 19.7 Å². The van der Waals surface area contributed by atoms with Gasteiger partial charge in [-0.05, 0) is 42.4 Å². The fourth-order valence-corrected chi connectivity index (χ4v) is 3.87. The summed E-state index contributed by atoms with van der Waals surface area (Å²) in [7, 11) is 1.72. The second kappa shape index (κ2) is 8.63. The first-order chi connectivity index (χ1) is 15.3. The second-order valence-electron chi connectivity index (χ2n) is 6.93.